The molecule has 2 aromatic rings. The lowest BCUT2D eigenvalue weighted by Gasteiger charge is -2.35. The third-order valence-electron chi connectivity index (χ3n) is 4.22. The van der Waals surface area contributed by atoms with E-state index in [0.29, 0.717) is 27.5 Å². The zero-order chi connectivity index (χ0) is 15.6. The molecule has 1 aliphatic heterocycles. The number of benzene rings is 1. The van der Waals surface area contributed by atoms with Gasteiger partial charge in [-0.3, -0.25) is 4.57 Å². The second-order valence-corrected chi connectivity index (χ2v) is 7.19. The third-order valence-corrected chi connectivity index (χ3v) is 4.80. The van der Waals surface area contributed by atoms with Crippen molar-refractivity contribution in [1.29, 1.82) is 0 Å². The summed E-state index contributed by atoms with van der Waals surface area (Å²) in [5.41, 5.74) is 0.571. The summed E-state index contributed by atoms with van der Waals surface area (Å²) >= 11 is 3.39. The molecule has 5 nitrogen and oxygen atoms in total. The Bertz CT molecular complexity index is 782. The van der Waals surface area contributed by atoms with Crippen LogP contribution in [-0.4, -0.2) is 21.9 Å². The van der Waals surface area contributed by atoms with Gasteiger partial charge in [-0.1, -0.05) is 0 Å². The van der Waals surface area contributed by atoms with Gasteiger partial charge in [-0.15, -0.1) is 10.2 Å². The van der Waals surface area contributed by atoms with Gasteiger partial charge in [0.15, 0.2) is 11.6 Å². The van der Waals surface area contributed by atoms with Crippen LogP contribution < -0.4 is 10.1 Å². The van der Waals surface area contributed by atoms with Crippen molar-refractivity contribution in [2.45, 2.75) is 38.1 Å². The first-order chi connectivity index (χ1) is 10.4. The Morgan fingerprint density at radius 1 is 1.41 bits per heavy atom. The highest BCUT2D eigenvalue weighted by atomic mass is 79.9. The van der Waals surface area contributed by atoms with Crippen molar-refractivity contribution in [3.05, 3.63) is 28.0 Å². The number of hydrogen-bond donors (Lipinski definition) is 1. The molecule has 4 rings (SSSR count). The van der Waals surface area contributed by atoms with Gasteiger partial charge >= 0.3 is 0 Å². The maximum atomic E-state index is 14.5. The average Bonchev–Trinajstić information content (AvgIpc) is 3.19. The first-order valence-corrected chi connectivity index (χ1v) is 8.03. The Kier molecular flexibility index (Phi) is 2.82. The monoisotopic (exact) mass is 366 g/mol. The van der Waals surface area contributed by atoms with Crippen LogP contribution in [0, 0.1) is 5.82 Å². The van der Waals surface area contributed by atoms with Crippen molar-refractivity contribution in [3.63, 3.8) is 0 Å². The van der Waals surface area contributed by atoms with Crippen molar-refractivity contribution in [2.75, 3.05) is 12.4 Å². The molecule has 2 heterocycles. The number of rotatable bonds is 2. The Balaban J connectivity index is 2.09. The van der Waals surface area contributed by atoms with Gasteiger partial charge in [0.25, 0.3) is 0 Å². The van der Waals surface area contributed by atoms with Gasteiger partial charge in [-0.2, -0.15) is 0 Å². The van der Waals surface area contributed by atoms with Crippen molar-refractivity contribution >= 4 is 21.6 Å². The van der Waals surface area contributed by atoms with E-state index in [2.05, 4.69) is 31.4 Å². The average molecular weight is 367 g/mol. The molecule has 0 spiro atoms. The lowest BCUT2D eigenvalue weighted by Crippen LogP contribution is -2.36. The lowest BCUT2D eigenvalue weighted by molar-refractivity contribution is 0.404. The van der Waals surface area contributed by atoms with E-state index >= 15 is 0 Å². The van der Waals surface area contributed by atoms with Crippen molar-refractivity contribution in [3.8, 4) is 11.4 Å². The molecule has 0 atom stereocenters. The first-order valence-electron chi connectivity index (χ1n) is 7.24. The second-order valence-electron chi connectivity index (χ2n) is 6.34. The van der Waals surface area contributed by atoms with Crippen LogP contribution in [0.3, 0.4) is 0 Å². The summed E-state index contributed by atoms with van der Waals surface area (Å²) < 4.78 is 22.6. The number of aromatic nitrogens is 3. The highest BCUT2D eigenvalue weighted by Crippen LogP contribution is 2.49. The quantitative estimate of drug-likeness (QED) is 0.879. The second kappa shape index (κ2) is 4.44. The van der Waals surface area contributed by atoms with E-state index in [1.165, 1.54) is 6.07 Å². The molecule has 0 saturated heterocycles. The summed E-state index contributed by atoms with van der Waals surface area (Å²) in [6, 6.07) is 1.42. The van der Waals surface area contributed by atoms with E-state index in [9.17, 15) is 4.39 Å². The molecule has 7 heteroatoms. The molecular weight excluding hydrogens is 351 g/mol. The molecule has 1 aromatic carbocycles. The number of nitrogens with one attached hydrogen (secondary N) is 1. The van der Waals surface area contributed by atoms with Gasteiger partial charge in [0, 0.05) is 5.92 Å². The Labute approximate surface area is 136 Å². The number of nitrogens with zero attached hydrogens (tertiary/aromatic N) is 3. The third kappa shape index (κ3) is 1.81. The van der Waals surface area contributed by atoms with Crippen molar-refractivity contribution in [2.24, 2.45) is 0 Å². The summed E-state index contributed by atoms with van der Waals surface area (Å²) in [5, 5.41) is 12.0. The molecule has 2 aliphatic rings. The number of halogens is 2. The Morgan fingerprint density at radius 3 is 2.77 bits per heavy atom. The largest absolute Gasteiger partial charge is 0.493 e. The maximum absolute atomic E-state index is 14.5. The fourth-order valence-electron chi connectivity index (χ4n) is 3.01. The predicted molar refractivity (Wildman–Crippen MR) is 84.2 cm³/mol. The molecule has 1 N–H and O–H groups in total. The van der Waals surface area contributed by atoms with E-state index in [-0.39, 0.29) is 5.82 Å². The Hall–Kier alpha value is -1.63. The number of fused-ring (bicyclic) bond motifs is 3. The number of anilines is 1. The molecule has 22 heavy (non-hydrogen) atoms. The van der Waals surface area contributed by atoms with Crippen LogP contribution in [0.25, 0.3) is 5.69 Å². The topological polar surface area (TPSA) is 52.0 Å². The SMILES string of the molecule is COc1c(Br)cc(F)c2c1-n1c(C3CC3)nnc1C(C)(C)N2. The van der Waals surface area contributed by atoms with Gasteiger partial charge in [0.2, 0.25) is 0 Å². The molecule has 1 aromatic heterocycles. The molecule has 0 unspecified atom stereocenters. The minimum absolute atomic E-state index is 0.322. The molecule has 1 saturated carbocycles. The Morgan fingerprint density at radius 2 is 2.14 bits per heavy atom. The van der Waals surface area contributed by atoms with Crippen molar-refractivity contribution < 1.29 is 9.13 Å². The molecule has 0 bridgehead atoms. The highest BCUT2D eigenvalue weighted by Gasteiger charge is 2.41. The van der Waals surface area contributed by atoms with E-state index in [1.807, 2.05) is 18.4 Å². The predicted octanol–water partition coefficient (Wildman–Crippen LogP) is 3.72. The van der Waals surface area contributed by atoms with Crippen LogP contribution in [-0.2, 0) is 5.54 Å². The molecule has 116 valence electrons. The molecule has 1 fully saturated rings. The van der Waals surface area contributed by atoms with Crippen LogP contribution in [0.15, 0.2) is 10.5 Å². The molecule has 1 aliphatic carbocycles. The fourth-order valence-corrected chi connectivity index (χ4v) is 3.56. The van der Waals surface area contributed by atoms with Crippen LogP contribution in [0.2, 0.25) is 0 Å². The van der Waals surface area contributed by atoms with E-state index < -0.39 is 5.54 Å². The summed E-state index contributed by atoms with van der Waals surface area (Å²) in [6.07, 6.45) is 2.19. The summed E-state index contributed by atoms with van der Waals surface area (Å²) in [6.45, 7) is 3.95. The zero-order valence-corrected chi connectivity index (χ0v) is 14.2. The minimum atomic E-state index is -0.507. The van der Waals surface area contributed by atoms with E-state index in [1.54, 1.807) is 7.11 Å². The number of ether oxygens (including phenoxy) is 1. The summed E-state index contributed by atoms with van der Waals surface area (Å²) in [4.78, 5) is 0. The van der Waals surface area contributed by atoms with Gasteiger partial charge in [0.1, 0.15) is 17.3 Å². The van der Waals surface area contributed by atoms with E-state index in [4.69, 9.17) is 4.74 Å². The maximum Gasteiger partial charge on any atom is 0.163 e. The van der Waals surface area contributed by atoms with Crippen LogP contribution in [0.5, 0.6) is 5.75 Å². The molecule has 0 radical (unpaired) electrons. The van der Waals surface area contributed by atoms with Crippen molar-refractivity contribution in [1.82, 2.24) is 14.8 Å². The van der Waals surface area contributed by atoms with Crippen LogP contribution in [0.4, 0.5) is 10.1 Å². The fraction of sp³-hybridized carbons (Fsp3) is 0.467. The smallest absolute Gasteiger partial charge is 0.163 e. The first kappa shape index (κ1) is 14.0. The standard InChI is InChI=1S/C15H16BrFN4O/c1-15(2)14-20-19-13(7-4-5-7)21(14)11-10(18-15)9(17)6-8(16)12(11)22-3/h6-7,18H,4-5H2,1-3H3. The van der Waals surface area contributed by atoms with Gasteiger partial charge in [0.05, 0.1) is 22.8 Å². The molecule has 0 amide bonds. The minimum Gasteiger partial charge on any atom is -0.493 e. The van der Waals surface area contributed by atoms with E-state index in [0.717, 1.165) is 24.5 Å². The van der Waals surface area contributed by atoms with Gasteiger partial charge in [-0.05, 0) is 48.7 Å². The molecular formula is C15H16BrFN4O. The van der Waals surface area contributed by atoms with Gasteiger partial charge in [-0.25, -0.2) is 4.39 Å². The lowest BCUT2D eigenvalue weighted by atomic mass is 9.99. The van der Waals surface area contributed by atoms with Crippen LogP contribution >= 0.6 is 15.9 Å². The normalized spacial score (nSPS) is 18.4. The number of methoxy groups -OCH3 is 1. The van der Waals surface area contributed by atoms with Crippen LogP contribution in [0.1, 0.15) is 44.3 Å². The zero-order valence-electron chi connectivity index (χ0n) is 12.6. The highest BCUT2D eigenvalue weighted by molar-refractivity contribution is 9.10. The summed E-state index contributed by atoms with van der Waals surface area (Å²) in [5.74, 6) is 2.33. The number of hydrogen-bond acceptors (Lipinski definition) is 4. The van der Waals surface area contributed by atoms with Gasteiger partial charge < -0.3 is 10.1 Å². The summed E-state index contributed by atoms with van der Waals surface area (Å²) in [7, 11) is 1.58.